The number of aromatic nitrogens is 1. The molecule has 0 saturated heterocycles. The average molecular weight is 251 g/mol. The number of nitrogens with two attached hydrogens (primary N) is 1. The van der Waals surface area contributed by atoms with Gasteiger partial charge in [0.25, 0.3) is 0 Å². The lowest BCUT2D eigenvalue weighted by Gasteiger charge is -2.36. The zero-order chi connectivity index (χ0) is 13.0. The van der Waals surface area contributed by atoms with E-state index in [1.54, 1.807) is 12.3 Å². The first kappa shape index (κ1) is 13.4. The molecule has 3 nitrogen and oxygen atoms in total. The van der Waals surface area contributed by atoms with Gasteiger partial charge in [-0.15, -0.1) is 0 Å². The van der Waals surface area contributed by atoms with Crippen LogP contribution in [-0.4, -0.2) is 4.98 Å². The summed E-state index contributed by atoms with van der Waals surface area (Å²) in [5, 5.41) is 0. The topological polar surface area (TPSA) is 50.9 Å². The Hall–Kier alpha value is -1.00. The molecule has 3 N–H and O–H groups in total. The van der Waals surface area contributed by atoms with E-state index in [0.717, 1.165) is 18.4 Å². The summed E-state index contributed by atoms with van der Waals surface area (Å²) in [5.74, 6) is 6.56. The summed E-state index contributed by atoms with van der Waals surface area (Å²) in [6.07, 6.45) is 9.05. The van der Waals surface area contributed by atoms with Gasteiger partial charge in [-0.1, -0.05) is 32.6 Å². The van der Waals surface area contributed by atoms with Gasteiger partial charge < -0.3 is 0 Å². The van der Waals surface area contributed by atoms with Gasteiger partial charge in [-0.25, -0.2) is 4.39 Å². The van der Waals surface area contributed by atoms with E-state index in [0.29, 0.717) is 11.8 Å². The van der Waals surface area contributed by atoms with Crippen LogP contribution in [0.25, 0.3) is 0 Å². The Bertz CT molecular complexity index is 383. The first-order valence-electron chi connectivity index (χ1n) is 6.82. The monoisotopic (exact) mass is 251 g/mol. The maximum atomic E-state index is 13.3. The Labute approximate surface area is 108 Å². The van der Waals surface area contributed by atoms with Gasteiger partial charge in [0.05, 0.1) is 12.2 Å². The molecule has 1 heterocycles. The molecular formula is C14H22FN3. The molecule has 1 aromatic rings. The lowest BCUT2D eigenvalue weighted by atomic mass is 9.73. The predicted octanol–water partition coefficient (Wildman–Crippen LogP) is 2.94. The minimum absolute atomic E-state index is 0.0125. The van der Waals surface area contributed by atoms with Crippen LogP contribution in [0.4, 0.5) is 4.39 Å². The maximum absolute atomic E-state index is 13.3. The third-order valence-electron chi connectivity index (χ3n) is 4.19. The molecule has 1 saturated carbocycles. The fraction of sp³-hybridized carbons (Fsp3) is 0.643. The van der Waals surface area contributed by atoms with Gasteiger partial charge in [-0.2, -0.15) is 0 Å². The van der Waals surface area contributed by atoms with Crippen molar-refractivity contribution >= 4 is 0 Å². The fourth-order valence-electron chi connectivity index (χ4n) is 3.25. The van der Waals surface area contributed by atoms with Crippen molar-refractivity contribution in [1.82, 2.24) is 10.4 Å². The van der Waals surface area contributed by atoms with Gasteiger partial charge in [0, 0.05) is 6.20 Å². The minimum Gasteiger partial charge on any atom is -0.271 e. The van der Waals surface area contributed by atoms with Gasteiger partial charge in [0.15, 0.2) is 0 Å². The highest BCUT2D eigenvalue weighted by Gasteiger charge is 2.31. The summed E-state index contributed by atoms with van der Waals surface area (Å²) in [7, 11) is 0. The molecule has 0 radical (unpaired) electrons. The van der Waals surface area contributed by atoms with Crippen molar-refractivity contribution in [2.24, 2.45) is 17.7 Å². The normalized spacial score (nSPS) is 25.9. The largest absolute Gasteiger partial charge is 0.271 e. The molecule has 1 aliphatic rings. The van der Waals surface area contributed by atoms with E-state index in [1.807, 2.05) is 0 Å². The van der Waals surface area contributed by atoms with Crippen LogP contribution in [-0.2, 0) is 0 Å². The molecule has 18 heavy (non-hydrogen) atoms. The molecule has 1 aliphatic carbocycles. The molecule has 0 bridgehead atoms. The molecule has 0 aliphatic heterocycles. The molecule has 1 aromatic heterocycles. The lowest BCUT2D eigenvalue weighted by Crippen LogP contribution is -2.38. The van der Waals surface area contributed by atoms with E-state index in [-0.39, 0.29) is 11.9 Å². The number of nitrogens with zero attached hydrogens (tertiary/aromatic N) is 1. The van der Waals surface area contributed by atoms with Crippen LogP contribution < -0.4 is 11.3 Å². The number of pyridine rings is 1. The van der Waals surface area contributed by atoms with Crippen LogP contribution in [0.1, 0.15) is 50.6 Å². The second kappa shape index (κ2) is 6.25. The third-order valence-corrected chi connectivity index (χ3v) is 4.19. The molecular weight excluding hydrogens is 229 g/mol. The SMILES string of the molecule is CCC1CCCCC1C(NN)c1cncc(F)c1. The van der Waals surface area contributed by atoms with Crippen molar-refractivity contribution in [3.05, 3.63) is 29.8 Å². The van der Waals surface area contributed by atoms with Crippen molar-refractivity contribution in [1.29, 1.82) is 0 Å². The molecule has 1 fully saturated rings. The number of hydrogen-bond donors (Lipinski definition) is 2. The summed E-state index contributed by atoms with van der Waals surface area (Å²) in [6, 6.07) is 1.55. The lowest BCUT2D eigenvalue weighted by molar-refractivity contribution is 0.175. The molecule has 4 heteroatoms. The Balaban J connectivity index is 2.21. The molecule has 3 unspecified atom stereocenters. The van der Waals surface area contributed by atoms with Crippen molar-refractivity contribution in [3.63, 3.8) is 0 Å². The molecule has 0 spiro atoms. The predicted molar refractivity (Wildman–Crippen MR) is 70.0 cm³/mol. The molecule has 0 aromatic carbocycles. The first-order chi connectivity index (χ1) is 8.76. The summed E-state index contributed by atoms with van der Waals surface area (Å²) >= 11 is 0. The summed E-state index contributed by atoms with van der Waals surface area (Å²) in [5.41, 5.74) is 3.74. The van der Waals surface area contributed by atoms with E-state index >= 15 is 0 Å². The van der Waals surface area contributed by atoms with Gasteiger partial charge in [0.2, 0.25) is 0 Å². The number of nitrogens with one attached hydrogen (secondary N) is 1. The van der Waals surface area contributed by atoms with Gasteiger partial charge in [0.1, 0.15) is 5.82 Å². The third kappa shape index (κ3) is 2.87. The van der Waals surface area contributed by atoms with Crippen molar-refractivity contribution in [3.8, 4) is 0 Å². The van der Waals surface area contributed by atoms with Crippen LogP contribution in [0.15, 0.2) is 18.5 Å². The highest BCUT2D eigenvalue weighted by molar-refractivity contribution is 5.16. The second-order valence-corrected chi connectivity index (χ2v) is 5.20. The number of rotatable bonds is 4. The van der Waals surface area contributed by atoms with Crippen molar-refractivity contribution in [2.75, 3.05) is 0 Å². The summed E-state index contributed by atoms with van der Waals surface area (Å²) in [4.78, 5) is 3.93. The summed E-state index contributed by atoms with van der Waals surface area (Å²) in [6.45, 7) is 2.22. The van der Waals surface area contributed by atoms with E-state index in [4.69, 9.17) is 5.84 Å². The zero-order valence-corrected chi connectivity index (χ0v) is 10.9. The smallest absolute Gasteiger partial charge is 0.141 e. The van der Waals surface area contributed by atoms with Crippen LogP contribution in [0.2, 0.25) is 0 Å². The molecule has 3 atom stereocenters. The highest BCUT2D eigenvalue weighted by atomic mass is 19.1. The Morgan fingerprint density at radius 3 is 2.89 bits per heavy atom. The number of halogens is 1. The van der Waals surface area contributed by atoms with E-state index in [2.05, 4.69) is 17.3 Å². The van der Waals surface area contributed by atoms with E-state index in [1.165, 1.54) is 25.5 Å². The van der Waals surface area contributed by atoms with E-state index in [9.17, 15) is 4.39 Å². The number of hydrogen-bond acceptors (Lipinski definition) is 3. The van der Waals surface area contributed by atoms with Gasteiger partial charge in [-0.05, 0) is 29.9 Å². The zero-order valence-electron chi connectivity index (χ0n) is 10.9. The Kier molecular flexibility index (Phi) is 4.66. The molecule has 2 rings (SSSR count). The van der Waals surface area contributed by atoms with E-state index < -0.39 is 0 Å². The maximum Gasteiger partial charge on any atom is 0.141 e. The van der Waals surface area contributed by atoms with Crippen LogP contribution in [0.5, 0.6) is 0 Å². The standard InChI is InChI=1S/C14H22FN3/c1-2-10-5-3-4-6-13(10)14(18-16)11-7-12(15)9-17-8-11/h7-10,13-14,18H,2-6,16H2,1H3. The van der Waals surface area contributed by atoms with Gasteiger partial charge in [-0.3, -0.25) is 16.3 Å². The highest BCUT2D eigenvalue weighted by Crippen LogP contribution is 2.39. The quantitative estimate of drug-likeness (QED) is 0.639. The second-order valence-electron chi connectivity index (χ2n) is 5.20. The summed E-state index contributed by atoms with van der Waals surface area (Å²) < 4.78 is 13.3. The minimum atomic E-state index is -0.295. The molecule has 0 amide bonds. The first-order valence-corrected chi connectivity index (χ1v) is 6.82. The van der Waals surface area contributed by atoms with Gasteiger partial charge >= 0.3 is 0 Å². The Morgan fingerprint density at radius 1 is 1.44 bits per heavy atom. The molecule has 100 valence electrons. The van der Waals surface area contributed by atoms with Crippen LogP contribution in [0.3, 0.4) is 0 Å². The number of hydrazine groups is 1. The average Bonchev–Trinajstić information content (AvgIpc) is 2.40. The van der Waals surface area contributed by atoms with Crippen LogP contribution in [0, 0.1) is 17.7 Å². The fourth-order valence-corrected chi connectivity index (χ4v) is 3.25. The Morgan fingerprint density at radius 2 is 2.22 bits per heavy atom. The van der Waals surface area contributed by atoms with Crippen molar-refractivity contribution < 1.29 is 4.39 Å². The van der Waals surface area contributed by atoms with Crippen LogP contribution >= 0.6 is 0 Å². The van der Waals surface area contributed by atoms with Crippen molar-refractivity contribution in [2.45, 2.75) is 45.1 Å².